The summed E-state index contributed by atoms with van der Waals surface area (Å²) in [4.78, 5) is 25.5. The highest BCUT2D eigenvalue weighted by Gasteiger charge is 2.00. The van der Waals surface area contributed by atoms with E-state index in [1.807, 2.05) is 12.1 Å². The normalized spacial score (nSPS) is 9.78. The summed E-state index contributed by atoms with van der Waals surface area (Å²) < 4.78 is 0. The number of carbonyl (C=O) groups excluding carboxylic acids is 1. The molecule has 0 saturated heterocycles. The Kier molecular flexibility index (Phi) is 6.24. The third-order valence-electron chi connectivity index (χ3n) is 2.28. The lowest BCUT2D eigenvalue weighted by Gasteiger charge is -2.06. The third-order valence-corrected chi connectivity index (χ3v) is 2.28. The maximum absolute atomic E-state index is 11.3. The molecule has 0 spiro atoms. The van der Waals surface area contributed by atoms with Crippen molar-refractivity contribution in [1.82, 2.24) is 15.6 Å². The zero-order valence-electron chi connectivity index (χ0n) is 10.1. The molecule has 0 fully saturated rings. The van der Waals surface area contributed by atoms with Crippen LogP contribution >= 0.6 is 0 Å². The first kappa shape index (κ1) is 14.0. The van der Waals surface area contributed by atoms with Crippen molar-refractivity contribution in [3.63, 3.8) is 0 Å². The van der Waals surface area contributed by atoms with Gasteiger partial charge >= 0.3 is 12.0 Å². The molecule has 3 N–H and O–H groups in total. The van der Waals surface area contributed by atoms with Crippen LogP contribution in [0.2, 0.25) is 0 Å². The fourth-order valence-electron chi connectivity index (χ4n) is 1.37. The van der Waals surface area contributed by atoms with E-state index in [4.69, 9.17) is 5.11 Å². The van der Waals surface area contributed by atoms with E-state index in [0.29, 0.717) is 19.5 Å². The zero-order valence-corrected chi connectivity index (χ0v) is 10.1. The van der Waals surface area contributed by atoms with Gasteiger partial charge in [-0.25, -0.2) is 4.79 Å². The van der Waals surface area contributed by atoms with E-state index in [1.54, 1.807) is 12.4 Å². The fraction of sp³-hybridized carbons (Fsp3) is 0.417. The molecule has 0 aromatic carbocycles. The van der Waals surface area contributed by atoms with Gasteiger partial charge in [0.05, 0.1) is 0 Å². The number of amides is 2. The van der Waals surface area contributed by atoms with Gasteiger partial charge in [-0.15, -0.1) is 0 Å². The molecule has 1 aromatic heterocycles. The number of carboxylic acids is 1. The second-order valence-corrected chi connectivity index (χ2v) is 3.79. The van der Waals surface area contributed by atoms with Crippen LogP contribution in [0.4, 0.5) is 4.79 Å². The van der Waals surface area contributed by atoms with Gasteiger partial charge in [-0.3, -0.25) is 9.78 Å². The summed E-state index contributed by atoms with van der Waals surface area (Å²) in [6.45, 7) is 0.890. The largest absolute Gasteiger partial charge is 0.481 e. The topological polar surface area (TPSA) is 91.3 Å². The molecule has 2 amide bonds. The van der Waals surface area contributed by atoms with E-state index in [-0.39, 0.29) is 12.5 Å². The molecular formula is C12H17N3O3. The molecule has 0 saturated carbocycles. The number of carbonyl (C=O) groups is 2. The van der Waals surface area contributed by atoms with Crippen LogP contribution in [-0.4, -0.2) is 35.2 Å². The minimum absolute atomic E-state index is 0.0654. The Morgan fingerprint density at radius 2 is 2.06 bits per heavy atom. The molecule has 6 nitrogen and oxygen atoms in total. The Morgan fingerprint density at radius 3 is 2.72 bits per heavy atom. The van der Waals surface area contributed by atoms with Crippen LogP contribution in [0.25, 0.3) is 0 Å². The van der Waals surface area contributed by atoms with Crippen molar-refractivity contribution in [3.8, 4) is 0 Å². The molecule has 0 aliphatic rings. The lowest BCUT2D eigenvalue weighted by Crippen LogP contribution is -2.37. The summed E-state index contributed by atoms with van der Waals surface area (Å²) in [5, 5.41) is 13.7. The van der Waals surface area contributed by atoms with Gasteiger partial charge in [-0.05, 0) is 24.5 Å². The number of urea groups is 1. The number of aromatic nitrogens is 1. The highest BCUT2D eigenvalue weighted by atomic mass is 16.4. The van der Waals surface area contributed by atoms with E-state index in [2.05, 4.69) is 15.6 Å². The molecule has 1 aromatic rings. The van der Waals surface area contributed by atoms with Gasteiger partial charge in [0.1, 0.15) is 0 Å². The van der Waals surface area contributed by atoms with Crippen LogP contribution in [0.3, 0.4) is 0 Å². The number of aliphatic carboxylic acids is 1. The standard InChI is InChI=1S/C12H17N3O3/c16-11(17)4-2-7-14-12(18)15-8-5-10-3-1-6-13-9-10/h1,3,6,9H,2,4-5,7-8H2,(H,16,17)(H2,14,15,18). The molecule has 0 atom stereocenters. The summed E-state index contributed by atoms with van der Waals surface area (Å²) in [6, 6.07) is 3.52. The molecule has 0 radical (unpaired) electrons. The predicted octanol–water partition coefficient (Wildman–Crippen LogP) is 0.788. The fourth-order valence-corrected chi connectivity index (χ4v) is 1.37. The molecular weight excluding hydrogens is 234 g/mol. The third kappa shape index (κ3) is 6.47. The SMILES string of the molecule is O=C(O)CCCNC(=O)NCCc1cccnc1. The Bertz CT molecular complexity index is 381. The second-order valence-electron chi connectivity index (χ2n) is 3.79. The first-order valence-corrected chi connectivity index (χ1v) is 5.81. The van der Waals surface area contributed by atoms with Crippen LogP contribution in [0.5, 0.6) is 0 Å². The smallest absolute Gasteiger partial charge is 0.314 e. The van der Waals surface area contributed by atoms with Crippen molar-refractivity contribution in [1.29, 1.82) is 0 Å². The van der Waals surface area contributed by atoms with Crippen molar-refractivity contribution in [2.75, 3.05) is 13.1 Å². The Labute approximate surface area is 105 Å². The molecule has 98 valence electrons. The van der Waals surface area contributed by atoms with Crippen LogP contribution in [0.15, 0.2) is 24.5 Å². The molecule has 0 unspecified atom stereocenters. The molecule has 18 heavy (non-hydrogen) atoms. The van der Waals surface area contributed by atoms with Crippen molar-refractivity contribution in [2.45, 2.75) is 19.3 Å². The number of nitrogens with zero attached hydrogens (tertiary/aromatic N) is 1. The maximum Gasteiger partial charge on any atom is 0.314 e. The van der Waals surface area contributed by atoms with E-state index < -0.39 is 5.97 Å². The molecule has 6 heteroatoms. The lowest BCUT2D eigenvalue weighted by atomic mass is 10.2. The molecule has 0 aliphatic heterocycles. The van der Waals surface area contributed by atoms with Gasteiger partial charge < -0.3 is 15.7 Å². The summed E-state index contributed by atoms with van der Waals surface area (Å²) in [6.07, 6.45) is 4.68. The molecule has 1 rings (SSSR count). The first-order chi connectivity index (χ1) is 8.68. The summed E-state index contributed by atoms with van der Waals surface area (Å²) in [7, 11) is 0. The van der Waals surface area contributed by atoms with Gasteiger partial charge in [0.25, 0.3) is 0 Å². The van der Waals surface area contributed by atoms with Crippen molar-refractivity contribution >= 4 is 12.0 Å². The van der Waals surface area contributed by atoms with Gasteiger partial charge in [0, 0.05) is 31.9 Å². The van der Waals surface area contributed by atoms with E-state index in [9.17, 15) is 9.59 Å². The molecule has 0 bridgehead atoms. The van der Waals surface area contributed by atoms with Crippen LogP contribution in [0, 0.1) is 0 Å². The minimum Gasteiger partial charge on any atom is -0.481 e. The van der Waals surface area contributed by atoms with Crippen molar-refractivity contribution in [3.05, 3.63) is 30.1 Å². The van der Waals surface area contributed by atoms with Crippen molar-refractivity contribution < 1.29 is 14.7 Å². The average molecular weight is 251 g/mol. The van der Waals surface area contributed by atoms with Crippen molar-refractivity contribution in [2.24, 2.45) is 0 Å². The monoisotopic (exact) mass is 251 g/mol. The number of rotatable bonds is 7. The number of nitrogens with one attached hydrogen (secondary N) is 2. The number of hydrogen-bond donors (Lipinski definition) is 3. The molecule has 1 heterocycles. The average Bonchev–Trinajstić information content (AvgIpc) is 2.36. The van der Waals surface area contributed by atoms with Crippen LogP contribution < -0.4 is 10.6 Å². The number of hydrogen-bond acceptors (Lipinski definition) is 3. The lowest BCUT2D eigenvalue weighted by molar-refractivity contribution is -0.137. The Morgan fingerprint density at radius 1 is 1.28 bits per heavy atom. The first-order valence-electron chi connectivity index (χ1n) is 5.81. The van der Waals surface area contributed by atoms with E-state index in [0.717, 1.165) is 12.0 Å². The highest BCUT2D eigenvalue weighted by Crippen LogP contribution is 1.95. The summed E-state index contributed by atoms with van der Waals surface area (Å²) in [5.74, 6) is -0.853. The number of carboxylic acid groups (broad SMARTS) is 1. The summed E-state index contributed by atoms with van der Waals surface area (Å²) >= 11 is 0. The van der Waals surface area contributed by atoms with Crippen LogP contribution in [-0.2, 0) is 11.2 Å². The van der Waals surface area contributed by atoms with Gasteiger partial charge in [-0.1, -0.05) is 6.07 Å². The zero-order chi connectivity index (χ0) is 13.2. The van der Waals surface area contributed by atoms with E-state index >= 15 is 0 Å². The van der Waals surface area contributed by atoms with Gasteiger partial charge in [0.15, 0.2) is 0 Å². The predicted molar refractivity (Wildman–Crippen MR) is 66.2 cm³/mol. The van der Waals surface area contributed by atoms with Crippen LogP contribution in [0.1, 0.15) is 18.4 Å². The van der Waals surface area contributed by atoms with Gasteiger partial charge in [0.2, 0.25) is 0 Å². The van der Waals surface area contributed by atoms with E-state index in [1.165, 1.54) is 0 Å². The quantitative estimate of drug-likeness (QED) is 0.625. The van der Waals surface area contributed by atoms with Gasteiger partial charge in [-0.2, -0.15) is 0 Å². The Balaban J connectivity index is 2.05. The second kappa shape index (κ2) is 8.05. The summed E-state index contributed by atoms with van der Waals surface area (Å²) in [5.41, 5.74) is 1.06. The maximum atomic E-state index is 11.3. The number of pyridine rings is 1. The minimum atomic E-state index is -0.853. The highest BCUT2D eigenvalue weighted by molar-refractivity contribution is 5.73. The molecule has 0 aliphatic carbocycles. The Hall–Kier alpha value is -2.11.